The lowest BCUT2D eigenvalue weighted by Crippen LogP contribution is -2.24. The van der Waals surface area contributed by atoms with Crippen LogP contribution in [0, 0.1) is 0 Å². The average molecular weight is 218 g/mol. The number of nitrogens with two attached hydrogens (primary N) is 1. The molecule has 0 bridgehead atoms. The zero-order valence-corrected chi connectivity index (χ0v) is 9.82. The molecule has 0 rings (SSSR count). The Morgan fingerprint density at radius 2 is 2.07 bits per heavy atom. The Balaban J connectivity index is 3.33. The summed E-state index contributed by atoms with van der Waals surface area (Å²) in [5, 5.41) is 11.2. The van der Waals surface area contributed by atoms with Gasteiger partial charge in [-0.1, -0.05) is 5.16 Å². The molecule has 5 nitrogen and oxygen atoms in total. The van der Waals surface area contributed by atoms with Crippen LogP contribution in [0.4, 0.5) is 0 Å². The monoisotopic (exact) mass is 218 g/mol. The average Bonchev–Trinajstić information content (AvgIpc) is 2.22. The van der Waals surface area contributed by atoms with Gasteiger partial charge < -0.3 is 20.4 Å². The fourth-order valence-corrected chi connectivity index (χ4v) is 0.927. The highest BCUT2D eigenvalue weighted by Gasteiger charge is 2.15. The molecule has 0 fully saturated rings. The van der Waals surface area contributed by atoms with Crippen molar-refractivity contribution in [2.75, 3.05) is 20.3 Å². The first-order valence-electron chi connectivity index (χ1n) is 5.11. The van der Waals surface area contributed by atoms with Crippen LogP contribution in [0.5, 0.6) is 0 Å². The molecular formula is C10H22N2O3. The van der Waals surface area contributed by atoms with Gasteiger partial charge >= 0.3 is 0 Å². The predicted octanol–water partition coefficient (Wildman–Crippen LogP) is 1.34. The molecule has 0 atom stereocenters. The van der Waals surface area contributed by atoms with Gasteiger partial charge in [-0.3, -0.25) is 0 Å². The summed E-state index contributed by atoms with van der Waals surface area (Å²) in [5.41, 5.74) is 5.17. The zero-order valence-electron chi connectivity index (χ0n) is 9.82. The minimum Gasteiger partial charge on any atom is -0.409 e. The third-order valence-corrected chi connectivity index (χ3v) is 2.25. The topological polar surface area (TPSA) is 77.1 Å². The Labute approximate surface area is 91.2 Å². The third-order valence-electron chi connectivity index (χ3n) is 2.25. The summed E-state index contributed by atoms with van der Waals surface area (Å²) < 4.78 is 10.6. The summed E-state index contributed by atoms with van der Waals surface area (Å²) in [6, 6.07) is 0. The van der Waals surface area contributed by atoms with Crippen molar-refractivity contribution in [3.63, 3.8) is 0 Å². The van der Waals surface area contributed by atoms with Crippen LogP contribution in [-0.4, -0.2) is 37.0 Å². The molecule has 15 heavy (non-hydrogen) atoms. The molecule has 0 aromatic carbocycles. The van der Waals surface area contributed by atoms with Gasteiger partial charge in [-0.15, -0.1) is 0 Å². The molecule has 0 radical (unpaired) electrons. The highest BCUT2D eigenvalue weighted by Crippen LogP contribution is 2.12. The normalized spacial score (nSPS) is 13.1. The first-order chi connectivity index (χ1) is 7.02. The minimum atomic E-state index is -0.133. The molecule has 0 aliphatic carbocycles. The summed E-state index contributed by atoms with van der Waals surface area (Å²) >= 11 is 0. The molecule has 0 unspecified atom stereocenters. The molecule has 0 aromatic rings. The first kappa shape index (κ1) is 14.2. The van der Waals surface area contributed by atoms with Gasteiger partial charge in [-0.05, 0) is 26.7 Å². The Bertz CT molecular complexity index is 193. The SMILES string of the molecule is COC(C)(C)CCOCCCC(N)=NO. The van der Waals surface area contributed by atoms with Gasteiger partial charge in [0, 0.05) is 26.7 Å². The Hall–Kier alpha value is -0.810. The number of amidine groups is 1. The number of hydrogen-bond donors (Lipinski definition) is 2. The minimum absolute atomic E-state index is 0.133. The van der Waals surface area contributed by atoms with Gasteiger partial charge in [0.1, 0.15) is 5.84 Å². The summed E-state index contributed by atoms with van der Waals surface area (Å²) in [6.07, 6.45) is 2.18. The molecule has 0 amide bonds. The van der Waals surface area contributed by atoms with E-state index in [4.69, 9.17) is 20.4 Å². The lowest BCUT2D eigenvalue weighted by molar-refractivity contribution is -0.00986. The largest absolute Gasteiger partial charge is 0.409 e. The Morgan fingerprint density at radius 1 is 1.40 bits per heavy atom. The molecule has 0 heterocycles. The lowest BCUT2D eigenvalue weighted by atomic mass is 10.1. The van der Waals surface area contributed by atoms with E-state index >= 15 is 0 Å². The Kier molecular flexibility index (Phi) is 7.07. The van der Waals surface area contributed by atoms with E-state index in [0.29, 0.717) is 19.6 Å². The van der Waals surface area contributed by atoms with Gasteiger partial charge in [-0.2, -0.15) is 0 Å². The number of methoxy groups -OCH3 is 1. The maximum Gasteiger partial charge on any atom is 0.139 e. The van der Waals surface area contributed by atoms with Gasteiger partial charge in [0.15, 0.2) is 0 Å². The van der Waals surface area contributed by atoms with Crippen LogP contribution < -0.4 is 5.73 Å². The fourth-order valence-electron chi connectivity index (χ4n) is 0.927. The standard InChI is InChI=1S/C10H22N2O3/c1-10(2,14-3)6-8-15-7-4-5-9(11)12-13/h13H,4-8H2,1-3H3,(H2,11,12). The molecule has 90 valence electrons. The predicted molar refractivity (Wildman–Crippen MR) is 59.2 cm³/mol. The van der Waals surface area contributed by atoms with Crippen molar-refractivity contribution in [3.8, 4) is 0 Å². The maximum absolute atomic E-state index is 8.28. The summed E-state index contributed by atoms with van der Waals surface area (Å²) in [6.45, 7) is 5.33. The third kappa shape index (κ3) is 8.20. The van der Waals surface area contributed by atoms with Gasteiger partial charge in [0.2, 0.25) is 0 Å². The van der Waals surface area contributed by atoms with Crippen molar-refractivity contribution in [2.24, 2.45) is 10.9 Å². The van der Waals surface area contributed by atoms with E-state index in [2.05, 4.69) is 5.16 Å². The molecule has 0 saturated heterocycles. The van der Waals surface area contributed by atoms with Crippen molar-refractivity contribution >= 4 is 5.84 Å². The van der Waals surface area contributed by atoms with Gasteiger partial charge in [0.25, 0.3) is 0 Å². The molecule has 0 aliphatic heterocycles. The van der Waals surface area contributed by atoms with Gasteiger partial charge in [0.05, 0.1) is 5.60 Å². The van der Waals surface area contributed by atoms with Crippen LogP contribution in [-0.2, 0) is 9.47 Å². The van der Waals surface area contributed by atoms with E-state index < -0.39 is 0 Å². The van der Waals surface area contributed by atoms with E-state index in [1.807, 2.05) is 13.8 Å². The van der Waals surface area contributed by atoms with E-state index in [1.54, 1.807) is 7.11 Å². The van der Waals surface area contributed by atoms with Crippen LogP contribution in [0.15, 0.2) is 5.16 Å². The Morgan fingerprint density at radius 3 is 2.60 bits per heavy atom. The summed E-state index contributed by atoms with van der Waals surface area (Å²) in [5.74, 6) is 0.246. The number of hydrogen-bond acceptors (Lipinski definition) is 4. The highest BCUT2D eigenvalue weighted by molar-refractivity contribution is 5.79. The fraction of sp³-hybridized carbons (Fsp3) is 0.900. The number of rotatable bonds is 8. The zero-order chi connectivity index (χ0) is 11.7. The van der Waals surface area contributed by atoms with Crippen LogP contribution in [0.3, 0.4) is 0 Å². The molecule has 0 aromatic heterocycles. The van der Waals surface area contributed by atoms with Crippen LogP contribution in [0.1, 0.15) is 33.1 Å². The molecule has 0 spiro atoms. The maximum atomic E-state index is 8.28. The molecule has 5 heteroatoms. The molecule has 3 N–H and O–H groups in total. The second-order valence-corrected chi connectivity index (χ2v) is 4.02. The van der Waals surface area contributed by atoms with Gasteiger partial charge in [-0.25, -0.2) is 0 Å². The van der Waals surface area contributed by atoms with E-state index in [9.17, 15) is 0 Å². The van der Waals surface area contributed by atoms with Crippen LogP contribution in [0.2, 0.25) is 0 Å². The van der Waals surface area contributed by atoms with E-state index in [0.717, 1.165) is 12.8 Å². The quantitative estimate of drug-likeness (QED) is 0.212. The van der Waals surface area contributed by atoms with Crippen molar-refractivity contribution in [2.45, 2.75) is 38.7 Å². The van der Waals surface area contributed by atoms with Crippen molar-refractivity contribution in [1.82, 2.24) is 0 Å². The van der Waals surface area contributed by atoms with Crippen LogP contribution in [0.25, 0.3) is 0 Å². The second kappa shape index (κ2) is 7.48. The second-order valence-electron chi connectivity index (χ2n) is 4.02. The highest BCUT2D eigenvalue weighted by atomic mass is 16.5. The number of nitrogens with zero attached hydrogens (tertiary/aromatic N) is 1. The van der Waals surface area contributed by atoms with Crippen molar-refractivity contribution in [3.05, 3.63) is 0 Å². The number of ether oxygens (including phenoxy) is 2. The summed E-state index contributed by atoms with van der Waals surface area (Å²) in [7, 11) is 1.69. The summed E-state index contributed by atoms with van der Waals surface area (Å²) in [4.78, 5) is 0. The van der Waals surface area contributed by atoms with E-state index in [1.165, 1.54) is 0 Å². The van der Waals surface area contributed by atoms with Crippen molar-refractivity contribution < 1.29 is 14.7 Å². The van der Waals surface area contributed by atoms with Crippen molar-refractivity contribution in [1.29, 1.82) is 0 Å². The first-order valence-corrected chi connectivity index (χ1v) is 5.11. The molecule has 0 saturated carbocycles. The smallest absolute Gasteiger partial charge is 0.139 e. The number of oxime groups is 1. The molecular weight excluding hydrogens is 196 g/mol. The lowest BCUT2D eigenvalue weighted by Gasteiger charge is -2.22. The molecule has 0 aliphatic rings. The van der Waals surface area contributed by atoms with E-state index in [-0.39, 0.29) is 11.4 Å². The van der Waals surface area contributed by atoms with Crippen LogP contribution >= 0.6 is 0 Å².